The maximum atomic E-state index is 14.8. The molecule has 27 heavy (non-hydrogen) atoms. The number of hydrogen-bond donors (Lipinski definition) is 0. The number of rotatable bonds is 7. The van der Waals surface area contributed by atoms with Crippen LogP contribution in [0, 0.1) is 15.9 Å². The maximum absolute atomic E-state index is 14.8. The lowest BCUT2D eigenvalue weighted by Crippen LogP contribution is -2.35. The van der Waals surface area contributed by atoms with Crippen molar-refractivity contribution in [3.8, 4) is 5.75 Å². The van der Waals surface area contributed by atoms with Crippen LogP contribution in [-0.2, 0) is 14.2 Å². The summed E-state index contributed by atoms with van der Waals surface area (Å²) < 4.78 is 29.3. The van der Waals surface area contributed by atoms with Crippen molar-refractivity contribution in [2.45, 2.75) is 12.8 Å². The summed E-state index contributed by atoms with van der Waals surface area (Å²) in [6, 6.07) is 1.25. The van der Waals surface area contributed by atoms with Crippen LogP contribution in [-0.4, -0.2) is 57.2 Å². The zero-order valence-electron chi connectivity index (χ0n) is 15.0. The highest BCUT2D eigenvalue weighted by molar-refractivity contribution is 6.32. The lowest BCUT2D eigenvalue weighted by Gasteiger charge is -2.27. The van der Waals surface area contributed by atoms with E-state index in [-0.39, 0.29) is 10.6 Å². The van der Waals surface area contributed by atoms with Gasteiger partial charge in [-0.15, -0.1) is 0 Å². The molecule has 0 amide bonds. The molecule has 1 aliphatic heterocycles. The highest BCUT2D eigenvalue weighted by Crippen LogP contribution is 2.40. The Morgan fingerprint density at radius 1 is 1.52 bits per heavy atom. The Bertz CT molecular complexity index is 759. The monoisotopic (exact) mass is 400 g/mol. The summed E-state index contributed by atoms with van der Waals surface area (Å²) in [7, 11) is 3.17. The molecule has 2 rings (SSSR count). The summed E-state index contributed by atoms with van der Waals surface area (Å²) in [4.78, 5) is 23.7. The quantitative estimate of drug-likeness (QED) is 0.300. The summed E-state index contributed by atoms with van der Waals surface area (Å²) in [6.07, 6.45) is 3.17. The average Bonchev–Trinajstić information content (AvgIpc) is 2.63. The highest BCUT2D eigenvalue weighted by atomic mass is 35.5. The first-order chi connectivity index (χ1) is 12.9. The molecule has 146 valence electrons. The van der Waals surface area contributed by atoms with E-state index in [4.69, 9.17) is 21.0 Å². The molecule has 1 aliphatic rings. The molecule has 1 aromatic rings. The van der Waals surface area contributed by atoms with Crippen molar-refractivity contribution < 1.29 is 28.2 Å². The number of piperidine rings is 1. The Balaban J connectivity index is 2.37. The molecule has 0 aromatic heterocycles. The Kier molecular flexibility index (Phi) is 7.58. The van der Waals surface area contributed by atoms with Crippen LogP contribution in [0.5, 0.6) is 5.75 Å². The van der Waals surface area contributed by atoms with Crippen molar-refractivity contribution in [2.75, 3.05) is 33.9 Å². The molecular formula is C16H19BClFN2O6. The first-order valence-electron chi connectivity index (χ1n) is 8.14. The third kappa shape index (κ3) is 5.41. The van der Waals surface area contributed by atoms with Gasteiger partial charge in [0.05, 0.1) is 17.1 Å². The Hall–Kier alpha value is -2.17. The normalized spacial score (nSPS) is 16.2. The third-order valence-electron chi connectivity index (χ3n) is 3.99. The van der Waals surface area contributed by atoms with Crippen LogP contribution in [0.2, 0.25) is 5.02 Å². The van der Waals surface area contributed by atoms with Crippen LogP contribution in [0.25, 0.3) is 6.08 Å². The lowest BCUT2D eigenvalue weighted by molar-refractivity contribution is -0.388. The van der Waals surface area contributed by atoms with E-state index in [0.717, 1.165) is 32.1 Å². The van der Waals surface area contributed by atoms with Crippen LogP contribution in [0.3, 0.4) is 0 Å². The molecule has 0 saturated carbocycles. The largest absolute Gasteiger partial charge is 0.474 e. The van der Waals surface area contributed by atoms with Gasteiger partial charge in [0.2, 0.25) is 11.6 Å². The first kappa shape index (κ1) is 21.1. The molecule has 11 heteroatoms. The molecule has 0 spiro atoms. The van der Waals surface area contributed by atoms with Gasteiger partial charge in [-0.2, -0.15) is 4.39 Å². The second-order valence-electron chi connectivity index (χ2n) is 5.94. The van der Waals surface area contributed by atoms with Gasteiger partial charge < -0.3 is 18.9 Å². The minimum atomic E-state index is -1.07. The Labute approximate surface area is 161 Å². The van der Waals surface area contributed by atoms with E-state index in [0.29, 0.717) is 14.2 Å². The van der Waals surface area contributed by atoms with Gasteiger partial charge in [0, 0.05) is 19.2 Å². The van der Waals surface area contributed by atoms with Crippen molar-refractivity contribution in [1.82, 2.24) is 4.81 Å². The molecule has 0 bridgehead atoms. The highest BCUT2D eigenvalue weighted by Gasteiger charge is 2.29. The van der Waals surface area contributed by atoms with E-state index in [1.54, 1.807) is 13.2 Å². The smallest absolute Gasteiger partial charge is 0.363 e. The van der Waals surface area contributed by atoms with E-state index in [9.17, 15) is 19.3 Å². The summed E-state index contributed by atoms with van der Waals surface area (Å²) in [5.74, 6) is -2.34. The minimum Gasteiger partial charge on any atom is -0.474 e. The molecule has 0 atom stereocenters. The van der Waals surface area contributed by atoms with E-state index in [1.165, 1.54) is 6.07 Å². The minimum absolute atomic E-state index is 0.00798. The number of hydrogen-bond acceptors (Lipinski definition) is 7. The molecule has 0 N–H and O–H groups in total. The van der Waals surface area contributed by atoms with Crippen LogP contribution in [0.15, 0.2) is 11.6 Å². The maximum Gasteiger partial charge on any atom is 0.363 e. The van der Waals surface area contributed by atoms with Crippen LogP contribution in [0.4, 0.5) is 10.1 Å². The predicted octanol–water partition coefficient (Wildman–Crippen LogP) is 2.33. The lowest BCUT2D eigenvalue weighted by atomic mass is 9.97. The van der Waals surface area contributed by atoms with Gasteiger partial charge >= 0.3 is 19.3 Å². The molecular weight excluding hydrogens is 381 g/mol. The van der Waals surface area contributed by atoms with Crippen LogP contribution < -0.4 is 4.74 Å². The van der Waals surface area contributed by atoms with Crippen molar-refractivity contribution >= 4 is 37.0 Å². The van der Waals surface area contributed by atoms with Gasteiger partial charge in [-0.25, -0.2) is 4.79 Å². The first-order valence-corrected chi connectivity index (χ1v) is 8.51. The predicted molar refractivity (Wildman–Crippen MR) is 98.5 cm³/mol. The number of carbonyl (C=O) groups excluding carboxylic acids is 1. The van der Waals surface area contributed by atoms with E-state index < -0.39 is 34.8 Å². The van der Waals surface area contributed by atoms with Gasteiger partial charge in [0.25, 0.3) is 0 Å². The van der Waals surface area contributed by atoms with Crippen molar-refractivity contribution in [3.05, 3.63) is 38.2 Å². The van der Waals surface area contributed by atoms with Gasteiger partial charge in [-0.05, 0) is 25.5 Å². The number of esters is 1. The van der Waals surface area contributed by atoms with E-state index in [2.05, 4.69) is 4.74 Å². The number of benzene rings is 1. The summed E-state index contributed by atoms with van der Waals surface area (Å²) in [5.41, 5.74) is -0.0139. The number of nitro groups is 1. The van der Waals surface area contributed by atoms with Gasteiger partial charge in [-0.1, -0.05) is 23.3 Å². The second kappa shape index (κ2) is 9.68. The fraction of sp³-hybridized carbons (Fsp3) is 0.438. The second-order valence-corrected chi connectivity index (χ2v) is 6.34. The molecule has 1 fully saturated rings. The number of methoxy groups -OCH3 is 1. The fourth-order valence-electron chi connectivity index (χ4n) is 2.82. The Morgan fingerprint density at radius 2 is 2.26 bits per heavy atom. The number of ether oxygens (including phenoxy) is 2. The third-order valence-corrected chi connectivity index (χ3v) is 4.27. The molecule has 0 aliphatic carbocycles. The van der Waals surface area contributed by atoms with Gasteiger partial charge in [0.15, 0.2) is 6.61 Å². The van der Waals surface area contributed by atoms with E-state index >= 15 is 0 Å². The molecule has 1 saturated heterocycles. The number of nitro benzene ring substituents is 1. The summed E-state index contributed by atoms with van der Waals surface area (Å²) in [6.45, 7) is 0.803. The average molecular weight is 401 g/mol. The topological polar surface area (TPSA) is 91.1 Å². The molecule has 0 unspecified atom stereocenters. The molecule has 8 nitrogen and oxygen atoms in total. The van der Waals surface area contributed by atoms with Crippen LogP contribution in [0.1, 0.15) is 18.4 Å². The zero-order chi connectivity index (χ0) is 20.0. The van der Waals surface area contributed by atoms with E-state index in [1.807, 2.05) is 4.81 Å². The SMILES string of the molecule is COBN1CCCC(=Cc2cc(Cl)c(OCC(=O)OC)c([N+](=O)[O-])c2F)C1. The molecule has 1 heterocycles. The Morgan fingerprint density at radius 3 is 2.89 bits per heavy atom. The number of carbonyl (C=O) groups is 1. The van der Waals surface area contributed by atoms with Crippen molar-refractivity contribution in [2.24, 2.45) is 0 Å². The fourth-order valence-corrected chi connectivity index (χ4v) is 3.08. The standard InChI is InChI=1S/C16H19BClFN2O6/c1-25-13(22)9-27-16-12(18)7-11(14(19)15(16)21(23)24)6-10-4-3-5-20(8-10)17-26-2/h6-7,17H,3-5,8-9H2,1-2H3. The summed E-state index contributed by atoms with van der Waals surface area (Å²) in [5, 5.41) is 11.2. The van der Waals surface area contributed by atoms with Gasteiger partial charge in [0.1, 0.15) is 0 Å². The van der Waals surface area contributed by atoms with Crippen LogP contribution >= 0.6 is 11.6 Å². The number of nitrogens with zero attached hydrogens (tertiary/aromatic N) is 2. The summed E-state index contributed by atoms with van der Waals surface area (Å²) >= 11 is 6.07. The molecule has 1 aromatic carbocycles. The zero-order valence-corrected chi connectivity index (χ0v) is 15.8. The number of halogens is 2. The molecule has 0 radical (unpaired) electrons. The van der Waals surface area contributed by atoms with Crippen molar-refractivity contribution in [1.29, 1.82) is 0 Å². The van der Waals surface area contributed by atoms with Crippen molar-refractivity contribution in [3.63, 3.8) is 0 Å². The van der Waals surface area contributed by atoms with Gasteiger partial charge in [-0.3, -0.25) is 10.1 Å².